The van der Waals surface area contributed by atoms with Crippen LogP contribution in [0.4, 0.5) is 4.79 Å². The quantitative estimate of drug-likeness (QED) is 0.639. The Labute approximate surface area is 184 Å². The van der Waals surface area contributed by atoms with Crippen LogP contribution in [0.15, 0.2) is 24.3 Å². The smallest absolute Gasteiger partial charge is 0.408 e. The van der Waals surface area contributed by atoms with Gasteiger partial charge in [-0.2, -0.15) is 0 Å². The first-order chi connectivity index (χ1) is 14.2. The lowest BCUT2D eigenvalue weighted by atomic mass is 10.00. The molecule has 0 aromatic heterocycles. The molecule has 31 heavy (non-hydrogen) atoms. The summed E-state index contributed by atoms with van der Waals surface area (Å²) in [5.41, 5.74) is -0.879. The van der Waals surface area contributed by atoms with Crippen LogP contribution in [0.25, 0.3) is 0 Å². The first-order valence-electron chi connectivity index (χ1n) is 10.6. The highest BCUT2D eigenvalue weighted by atomic mass is 16.6. The summed E-state index contributed by atoms with van der Waals surface area (Å²) in [5.74, 6) is -0.666. The number of hydrogen-bond acceptors (Lipinski definition) is 5. The standard InChI is InChI=1S/C23H35N3O5/c1-14-12-16(14)26(18(28)13-24-21(30)31-23(5,6)7)19(20(29)25-22(2,3)4)15-10-8-9-11-17(15)27/h8-11,14,16,19,27H,12-13H2,1-7H3,(H,24,30)(H,25,29). The predicted molar refractivity (Wildman–Crippen MR) is 117 cm³/mol. The van der Waals surface area contributed by atoms with Gasteiger partial charge in [0.1, 0.15) is 23.9 Å². The molecule has 0 bridgehead atoms. The van der Waals surface area contributed by atoms with Crippen molar-refractivity contribution in [3.63, 3.8) is 0 Å². The van der Waals surface area contributed by atoms with Crippen LogP contribution in [0, 0.1) is 5.92 Å². The Morgan fingerprint density at radius 2 is 1.74 bits per heavy atom. The van der Waals surface area contributed by atoms with Crippen molar-refractivity contribution in [2.24, 2.45) is 5.92 Å². The van der Waals surface area contributed by atoms with Gasteiger partial charge in [0.05, 0.1) is 0 Å². The van der Waals surface area contributed by atoms with Gasteiger partial charge < -0.3 is 25.4 Å². The summed E-state index contributed by atoms with van der Waals surface area (Å²) in [7, 11) is 0. The van der Waals surface area contributed by atoms with Crippen molar-refractivity contribution in [3.8, 4) is 5.75 Å². The van der Waals surface area contributed by atoms with E-state index in [1.54, 1.807) is 39.0 Å². The van der Waals surface area contributed by atoms with Crippen LogP contribution >= 0.6 is 0 Å². The number of alkyl carbamates (subject to hydrolysis) is 1. The van der Waals surface area contributed by atoms with E-state index >= 15 is 0 Å². The molecule has 0 spiro atoms. The van der Waals surface area contributed by atoms with Crippen molar-refractivity contribution in [1.82, 2.24) is 15.5 Å². The van der Waals surface area contributed by atoms with Crippen LogP contribution in [0.2, 0.25) is 0 Å². The number of hydrogen-bond donors (Lipinski definition) is 3. The van der Waals surface area contributed by atoms with E-state index in [1.807, 2.05) is 27.7 Å². The monoisotopic (exact) mass is 433 g/mol. The Kier molecular flexibility index (Phi) is 7.24. The number of nitrogens with one attached hydrogen (secondary N) is 2. The number of rotatable bonds is 6. The van der Waals surface area contributed by atoms with Crippen molar-refractivity contribution in [3.05, 3.63) is 29.8 Å². The van der Waals surface area contributed by atoms with Gasteiger partial charge in [-0.1, -0.05) is 25.1 Å². The highest BCUT2D eigenvalue weighted by Gasteiger charge is 2.47. The highest BCUT2D eigenvalue weighted by molar-refractivity contribution is 5.91. The normalized spacial score (nSPS) is 19.2. The molecule has 3 amide bonds. The van der Waals surface area contributed by atoms with E-state index in [1.165, 1.54) is 11.0 Å². The largest absolute Gasteiger partial charge is 0.508 e. The van der Waals surface area contributed by atoms with E-state index in [-0.39, 0.29) is 24.3 Å². The average molecular weight is 434 g/mol. The molecule has 1 aliphatic rings. The number of carbonyl (C=O) groups excluding carboxylic acids is 3. The minimum Gasteiger partial charge on any atom is -0.508 e. The summed E-state index contributed by atoms with van der Waals surface area (Å²) < 4.78 is 5.20. The molecular formula is C23H35N3O5. The van der Waals surface area contributed by atoms with E-state index < -0.39 is 35.1 Å². The molecule has 0 heterocycles. The van der Waals surface area contributed by atoms with E-state index in [2.05, 4.69) is 10.6 Å². The Balaban J connectivity index is 2.33. The molecule has 8 heteroatoms. The molecule has 8 nitrogen and oxygen atoms in total. The zero-order chi connectivity index (χ0) is 23.6. The van der Waals surface area contributed by atoms with Gasteiger partial charge in [-0.25, -0.2) is 4.79 Å². The molecule has 1 aromatic carbocycles. The molecule has 0 saturated heterocycles. The van der Waals surface area contributed by atoms with Crippen LogP contribution < -0.4 is 10.6 Å². The molecule has 1 aromatic rings. The number of aromatic hydroxyl groups is 1. The van der Waals surface area contributed by atoms with Crippen LogP contribution in [0.5, 0.6) is 5.75 Å². The summed E-state index contributed by atoms with van der Waals surface area (Å²) in [6, 6.07) is 5.31. The zero-order valence-corrected chi connectivity index (χ0v) is 19.5. The number of phenolic OH excluding ortho intramolecular Hbond substituents is 1. The summed E-state index contributed by atoms with van der Waals surface area (Å²) in [4.78, 5) is 40.0. The number of para-hydroxylation sites is 1. The summed E-state index contributed by atoms with van der Waals surface area (Å²) >= 11 is 0. The Morgan fingerprint density at radius 3 is 2.23 bits per heavy atom. The third kappa shape index (κ3) is 7.15. The predicted octanol–water partition coefficient (Wildman–Crippen LogP) is 3.11. The SMILES string of the molecule is CC1CC1N(C(=O)CNC(=O)OC(C)(C)C)C(C(=O)NC(C)(C)C)c1ccccc1O. The number of phenols is 1. The van der Waals surface area contributed by atoms with Gasteiger partial charge in [0.2, 0.25) is 11.8 Å². The fourth-order valence-electron chi connectivity index (χ4n) is 3.34. The third-order valence-corrected chi connectivity index (χ3v) is 4.75. The van der Waals surface area contributed by atoms with Gasteiger partial charge in [-0.15, -0.1) is 0 Å². The number of benzene rings is 1. The molecule has 3 atom stereocenters. The lowest BCUT2D eigenvalue weighted by Crippen LogP contribution is -2.52. The molecule has 172 valence electrons. The molecule has 0 aliphatic heterocycles. The maximum Gasteiger partial charge on any atom is 0.408 e. The maximum absolute atomic E-state index is 13.3. The second-order valence-corrected chi connectivity index (χ2v) is 10.1. The summed E-state index contributed by atoms with van der Waals surface area (Å²) in [6.07, 6.45) is 0.0355. The third-order valence-electron chi connectivity index (χ3n) is 4.75. The average Bonchev–Trinajstić information content (AvgIpc) is 3.31. The molecule has 3 N–H and O–H groups in total. The van der Waals surface area contributed by atoms with Gasteiger partial charge in [0, 0.05) is 17.1 Å². The van der Waals surface area contributed by atoms with Crippen molar-refractivity contribution in [1.29, 1.82) is 0 Å². The first kappa shape index (κ1) is 24.5. The van der Waals surface area contributed by atoms with Crippen LogP contribution in [0.3, 0.4) is 0 Å². The topological polar surface area (TPSA) is 108 Å². The van der Waals surface area contributed by atoms with E-state index in [4.69, 9.17) is 4.74 Å². The Bertz CT molecular complexity index is 825. The van der Waals surface area contributed by atoms with E-state index in [9.17, 15) is 19.5 Å². The van der Waals surface area contributed by atoms with Crippen molar-refractivity contribution in [2.75, 3.05) is 6.54 Å². The molecule has 1 saturated carbocycles. The summed E-state index contributed by atoms with van der Waals surface area (Å²) in [5, 5.41) is 15.9. The molecular weight excluding hydrogens is 398 g/mol. The summed E-state index contributed by atoms with van der Waals surface area (Å²) in [6.45, 7) is 12.4. The molecule has 0 radical (unpaired) electrons. The Morgan fingerprint density at radius 1 is 1.16 bits per heavy atom. The van der Waals surface area contributed by atoms with Gasteiger partial charge >= 0.3 is 6.09 Å². The highest BCUT2D eigenvalue weighted by Crippen LogP contribution is 2.41. The first-order valence-corrected chi connectivity index (χ1v) is 10.6. The molecule has 1 fully saturated rings. The Hall–Kier alpha value is -2.77. The van der Waals surface area contributed by atoms with E-state index in [0.717, 1.165) is 6.42 Å². The number of ether oxygens (including phenoxy) is 1. The van der Waals surface area contributed by atoms with Crippen LogP contribution in [-0.2, 0) is 14.3 Å². The van der Waals surface area contributed by atoms with Crippen LogP contribution in [0.1, 0.15) is 66.5 Å². The molecule has 1 aliphatic carbocycles. The van der Waals surface area contributed by atoms with Crippen molar-refractivity contribution >= 4 is 17.9 Å². The minimum atomic E-state index is -1.02. The van der Waals surface area contributed by atoms with Gasteiger partial charge in [-0.3, -0.25) is 9.59 Å². The second kappa shape index (κ2) is 9.16. The number of amides is 3. The van der Waals surface area contributed by atoms with Crippen molar-refractivity contribution < 1.29 is 24.2 Å². The molecule has 3 unspecified atom stereocenters. The second-order valence-electron chi connectivity index (χ2n) is 10.1. The van der Waals surface area contributed by atoms with E-state index in [0.29, 0.717) is 5.56 Å². The fraction of sp³-hybridized carbons (Fsp3) is 0.609. The van der Waals surface area contributed by atoms with Gasteiger partial charge in [0.25, 0.3) is 0 Å². The lowest BCUT2D eigenvalue weighted by Gasteiger charge is -2.34. The zero-order valence-electron chi connectivity index (χ0n) is 19.5. The maximum atomic E-state index is 13.3. The van der Waals surface area contributed by atoms with Crippen LogP contribution in [-0.4, -0.2) is 51.6 Å². The van der Waals surface area contributed by atoms with Gasteiger partial charge in [0.15, 0.2) is 0 Å². The van der Waals surface area contributed by atoms with Gasteiger partial charge in [-0.05, 0) is 59.9 Å². The lowest BCUT2D eigenvalue weighted by molar-refractivity contribution is -0.141. The fourth-order valence-corrected chi connectivity index (χ4v) is 3.34. The molecule has 2 rings (SSSR count). The number of carbonyl (C=O) groups is 3. The number of nitrogens with zero attached hydrogens (tertiary/aromatic N) is 1. The van der Waals surface area contributed by atoms with Crippen molar-refractivity contribution in [2.45, 2.75) is 78.1 Å². The minimum absolute atomic E-state index is 0.0669.